The zero-order valence-corrected chi connectivity index (χ0v) is 15.5. The Morgan fingerprint density at radius 2 is 1.80 bits per heavy atom. The van der Waals surface area contributed by atoms with E-state index in [9.17, 15) is 14.4 Å². The van der Waals surface area contributed by atoms with E-state index in [0.717, 1.165) is 0 Å². The highest BCUT2D eigenvalue weighted by molar-refractivity contribution is 5.95. The summed E-state index contributed by atoms with van der Waals surface area (Å²) in [5.74, 6) is -1.06. The highest BCUT2D eigenvalue weighted by Crippen LogP contribution is 2.21. The van der Waals surface area contributed by atoms with Gasteiger partial charge in [-0.15, -0.1) is 0 Å². The zero-order valence-electron chi connectivity index (χ0n) is 15.5. The summed E-state index contributed by atoms with van der Waals surface area (Å²) in [5, 5.41) is 5.21. The van der Waals surface area contributed by atoms with Gasteiger partial charge in [-0.05, 0) is 19.3 Å². The summed E-state index contributed by atoms with van der Waals surface area (Å²) < 4.78 is 0. The molecule has 1 rings (SSSR count). The summed E-state index contributed by atoms with van der Waals surface area (Å²) in [6.07, 6.45) is 4.17. The fraction of sp³-hybridized carbons (Fsp3) is 0.588. The topological polar surface area (TPSA) is 104 Å². The van der Waals surface area contributed by atoms with Crippen molar-refractivity contribution in [2.24, 2.45) is 5.41 Å². The lowest BCUT2D eigenvalue weighted by Crippen LogP contribution is -2.56. The predicted molar refractivity (Wildman–Crippen MR) is 93.7 cm³/mol. The van der Waals surface area contributed by atoms with Gasteiger partial charge in [0.1, 0.15) is 11.7 Å². The molecule has 1 atom stereocenters. The Labute approximate surface area is 148 Å². The lowest BCUT2D eigenvalue weighted by Gasteiger charge is -2.34. The van der Waals surface area contributed by atoms with Crippen LogP contribution >= 0.6 is 0 Å². The molecule has 1 aromatic rings. The molecule has 0 bridgehead atoms. The fourth-order valence-corrected chi connectivity index (χ4v) is 2.25. The molecular weight excluding hydrogens is 322 g/mol. The number of hydrogen-bond donors (Lipinski definition) is 2. The molecule has 0 saturated carbocycles. The fourth-order valence-electron chi connectivity index (χ4n) is 2.25. The summed E-state index contributed by atoms with van der Waals surface area (Å²) in [4.78, 5) is 46.1. The molecule has 138 valence electrons. The maximum absolute atomic E-state index is 12.7. The van der Waals surface area contributed by atoms with Gasteiger partial charge in [0.2, 0.25) is 11.8 Å². The van der Waals surface area contributed by atoms with Crippen LogP contribution in [0.3, 0.4) is 0 Å². The Hall–Kier alpha value is -2.51. The van der Waals surface area contributed by atoms with Crippen molar-refractivity contribution in [1.82, 2.24) is 25.5 Å². The summed E-state index contributed by atoms with van der Waals surface area (Å²) in [6, 6.07) is -0.673. The number of aromatic nitrogens is 2. The first-order chi connectivity index (χ1) is 11.7. The van der Waals surface area contributed by atoms with Crippen LogP contribution in [0.25, 0.3) is 0 Å². The molecule has 8 heteroatoms. The number of rotatable bonds is 7. The monoisotopic (exact) mass is 349 g/mol. The predicted octanol–water partition coefficient (Wildman–Crippen LogP) is 0.606. The smallest absolute Gasteiger partial charge is 0.271 e. The molecular formula is C17H27N5O3. The van der Waals surface area contributed by atoms with Gasteiger partial charge in [0, 0.05) is 25.5 Å². The third-order valence-corrected chi connectivity index (χ3v) is 3.70. The minimum Gasteiger partial charge on any atom is -0.342 e. The van der Waals surface area contributed by atoms with Gasteiger partial charge in [0.25, 0.3) is 5.91 Å². The number of likely N-dealkylation sites (N-methyl/N-ethyl adjacent to an activating group) is 1. The Balaban J connectivity index is 2.70. The van der Waals surface area contributed by atoms with Crippen LogP contribution in [0.2, 0.25) is 0 Å². The first-order valence-corrected chi connectivity index (χ1v) is 8.33. The lowest BCUT2D eigenvalue weighted by molar-refractivity contribution is -0.138. The van der Waals surface area contributed by atoms with Gasteiger partial charge in [-0.3, -0.25) is 19.4 Å². The van der Waals surface area contributed by atoms with Crippen molar-refractivity contribution in [3.8, 4) is 0 Å². The van der Waals surface area contributed by atoms with Gasteiger partial charge in [-0.1, -0.05) is 20.8 Å². The van der Waals surface area contributed by atoms with Crippen molar-refractivity contribution >= 4 is 17.7 Å². The number of nitrogens with zero attached hydrogens (tertiary/aromatic N) is 3. The van der Waals surface area contributed by atoms with Crippen molar-refractivity contribution in [3.05, 3.63) is 24.3 Å². The summed E-state index contributed by atoms with van der Waals surface area (Å²) >= 11 is 0. The van der Waals surface area contributed by atoms with E-state index >= 15 is 0 Å². The third kappa shape index (κ3) is 6.13. The average Bonchev–Trinajstić information content (AvgIpc) is 2.58. The van der Waals surface area contributed by atoms with Gasteiger partial charge < -0.3 is 15.5 Å². The van der Waals surface area contributed by atoms with Gasteiger partial charge >= 0.3 is 0 Å². The maximum Gasteiger partial charge on any atom is 0.271 e. The Bertz CT molecular complexity index is 594. The Morgan fingerprint density at radius 3 is 2.28 bits per heavy atom. The van der Waals surface area contributed by atoms with E-state index in [1.54, 1.807) is 4.90 Å². The first kappa shape index (κ1) is 20.5. The second kappa shape index (κ2) is 9.10. The van der Waals surface area contributed by atoms with Gasteiger partial charge in [0.05, 0.1) is 12.7 Å². The van der Waals surface area contributed by atoms with Crippen LogP contribution in [0.15, 0.2) is 18.6 Å². The molecule has 0 aliphatic heterocycles. The van der Waals surface area contributed by atoms with Gasteiger partial charge in [0.15, 0.2) is 0 Å². The van der Waals surface area contributed by atoms with Crippen molar-refractivity contribution in [3.63, 3.8) is 0 Å². The van der Waals surface area contributed by atoms with Crippen LogP contribution in [0.1, 0.15) is 45.1 Å². The largest absolute Gasteiger partial charge is 0.342 e. The van der Waals surface area contributed by atoms with E-state index in [1.165, 1.54) is 18.6 Å². The molecule has 8 nitrogen and oxygen atoms in total. The van der Waals surface area contributed by atoms with E-state index in [2.05, 4.69) is 20.6 Å². The highest BCUT2D eigenvalue weighted by Gasteiger charge is 2.34. The second-order valence-corrected chi connectivity index (χ2v) is 6.65. The summed E-state index contributed by atoms with van der Waals surface area (Å²) in [7, 11) is 0. The van der Waals surface area contributed by atoms with Crippen LogP contribution < -0.4 is 10.6 Å². The molecule has 3 amide bonds. The van der Waals surface area contributed by atoms with Crippen molar-refractivity contribution < 1.29 is 14.4 Å². The van der Waals surface area contributed by atoms with E-state index in [0.29, 0.717) is 13.1 Å². The Kier molecular flexibility index (Phi) is 7.47. The molecule has 0 aromatic carbocycles. The maximum atomic E-state index is 12.7. The van der Waals surface area contributed by atoms with E-state index in [1.807, 2.05) is 34.6 Å². The molecule has 2 N–H and O–H groups in total. The van der Waals surface area contributed by atoms with E-state index in [-0.39, 0.29) is 18.1 Å². The number of amides is 3. The summed E-state index contributed by atoms with van der Waals surface area (Å²) in [6.45, 7) is 10.3. The molecule has 1 aromatic heterocycles. The van der Waals surface area contributed by atoms with Crippen LogP contribution in [0.5, 0.6) is 0 Å². The second-order valence-electron chi connectivity index (χ2n) is 6.65. The molecule has 0 fully saturated rings. The SMILES string of the molecule is CCN(CC)C(=O)C(NC(=O)CNC(=O)c1cnccn1)C(C)(C)C. The van der Waals surface area contributed by atoms with Gasteiger partial charge in [-0.2, -0.15) is 0 Å². The number of nitrogens with one attached hydrogen (secondary N) is 2. The molecule has 25 heavy (non-hydrogen) atoms. The quantitative estimate of drug-likeness (QED) is 0.750. The van der Waals surface area contributed by atoms with Crippen LogP contribution in [0.4, 0.5) is 0 Å². The van der Waals surface area contributed by atoms with E-state index < -0.39 is 23.3 Å². The molecule has 1 unspecified atom stereocenters. The van der Waals surface area contributed by atoms with Crippen LogP contribution in [-0.2, 0) is 9.59 Å². The molecule has 0 aliphatic rings. The van der Waals surface area contributed by atoms with E-state index in [4.69, 9.17) is 0 Å². The summed E-state index contributed by atoms with van der Waals surface area (Å²) in [5.41, 5.74) is -0.327. The van der Waals surface area contributed by atoms with Crippen LogP contribution in [0, 0.1) is 5.41 Å². The minimum atomic E-state index is -0.673. The van der Waals surface area contributed by atoms with Crippen molar-refractivity contribution in [2.45, 2.75) is 40.7 Å². The van der Waals surface area contributed by atoms with Gasteiger partial charge in [-0.25, -0.2) is 4.98 Å². The minimum absolute atomic E-state index is 0.127. The standard InChI is InChI=1S/C17H27N5O3/c1-6-22(7-2)16(25)14(17(3,4)5)21-13(23)11-20-15(24)12-10-18-8-9-19-12/h8-10,14H,6-7,11H2,1-5H3,(H,20,24)(H,21,23). The van der Waals surface area contributed by atoms with Crippen LogP contribution in [-0.4, -0.2) is 58.3 Å². The highest BCUT2D eigenvalue weighted by atomic mass is 16.2. The average molecular weight is 349 g/mol. The number of hydrogen-bond acceptors (Lipinski definition) is 5. The van der Waals surface area contributed by atoms with Crippen molar-refractivity contribution in [2.75, 3.05) is 19.6 Å². The molecule has 1 heterocycles. The molecule has 0 spiro atoms. The zero-order chi connectivity index (χ0) is 19.0. The molecule has 0 radical (unpaired) electrons. The normalized spacial score (nSPS) is 12.2. The first-order valence-electron chi connectivity index (χ1n) is 8.33. The number of carbonyl (C=O) groups is 3. The lowest BCUT2D eigenvalue weighted by atomic mass is 9.85. The molecule has 0 saturated heterocycles. The van der Waals surface area contributed by atoms with Crippen molar-refractivity contribution in [1.29, 1.82) is 0 Å². The molecule has 0 aliphatic carbocycles. The Morgan fingerprint density at radius 1 is 1.16 bits per heavy atom. The number of carbonyl (C=O) groups excluding carboxylic acids is 3. The third-order valence-electron chi connectivity index (χ3n) is 3.70.